The van der Waals surface area contributed by atoms with Crippen molar-refractivity contribution in [2.75, 3.05) is 5.75 Å². The highest BCUT2D eigenvalue weighted by atomic mass is 32.2. The van der Waals surface area contributed by atoms with Crippen molar-refractivity contribution in [1.29, 1.82) is 0 Å². The summed E-state index contributed by atoms with van der Waals surface area (Å²) in [6.07, 6.45) is -7.26. The maximum absolute atomic E-state index is 12.2. The summed E-state index contributed by atoms with van der Waals surface area (Å²) in [6.45, 7) is 1.36. The first-order valence-electron chi connectivity index (χ1n) is 7.18. The SMILES string of the molecule is CCS(=O)(=O)c1cncc(C(F)(F)F)c1.Cn1c(C(F)(F)F)csc1=NC=O. The molecule has 2 rings (SSSR count). The summed E-state index contributed by atoms with van der Waals surface area (Å²) >= 11 is 0.773. The smallest absolute Gasteiger partial charge is 0.316 e. The van der Waals surface area contributed by atoms with Crippen molar-refractivity contribution in [3.8, 4) is 0 Å². The fourth-order valence-electron chi connectivity index (χ4n) is 1.70. The molecule has 2 aromatic heterocycles. The number of hydrogen-bond acceptors (Lipinski definition) is 5. The molecular formula is C14H13F6N3O3S2. The van der Waals surface area contributed by atoms with Crippen molar-refractivity contribution < 1.29 is 39.6 Å². The molecule has 2 heterocycles. The first-order valence-corrected chi connectivity index (χ1v) is 9.71. The Hall–Kier alpha value is -2.22. The van der Waals surface area contributed by atoms with Crippen LogP contribution in [0.4, 0.5) is 26.3 Å². The van der Waals surface area contributed by atoms with Gasteiger partial charge in [0, 0.05) is 24.8 Å². The van der Waals surface area contributed by atoms with Crippen molar-refractivity contribution in [3.05, 3.63) is 39.9 Å². The summed E-state index contributed by atoms with van der Waals surface area (Å²) in [5, 5.41) is 0.919. The van der Waals surface area contributed by atoms with Crippen LogP contribution in [0.15, 0.2) is 33.7 Å². The minimum Gasteiger partial charge on any atom is -0.316 e. The molecule has 156 valence electrons. The number of hydrogen-bond donors (Lipinski definition) is 0. The van der Waals surface area contributed by atoms with Gasteiger partial charge in [-0.1, -0.05) is 6.92 Å². The summed E-state index contributed by atoms with van der Waals surface area (Å²) in [6, 6.07) is 0.589. The molecule has 0 aliphatic carbocycles. The normalized spacial score (nSPS) is 13.1. The van der Waals surface area contributed by atoms with Gasteiger partial charge in [-0.3, -0.25) is 9.78 Å². The van der Waals surface area contributed by atoms with Crippen LogP contribution in [-0.4, -0.2) is 30.1 Å². The zero-order valence-corrected chi connectivity index (χ0v) is 15.9. The standard InChI is InChI=1S/C8H8F3NO2S.C6H5F3N2OS/c1-2-15(13,14)7-3-6(4-12-5-7)8(9,10)11;1-11-4(6(7,8)9)2-13-5(11)10-3-12/h3-5H,2H2,1H3;2-3H,1H3. The van der Waals surface area contributed by atoms with E-state index >= 15 is 0 Å². The van der Waals surface area contributed by atoms with Gasteiger partial charge in [-0.15, -0.1) is 11.3 Å². The van der Waals surface area contributed by atoms with Gasteiger partial charge in [0.1, 0.15) is 5.69 Å². The van der Waals surface area contributed by atoms with E-state index in [2.05, 4.69) is 9.98 Å². The summed E-state index contributed by atoms with van der Waals surface area (Å²) in [5.41, 5.74) is -1.87. The average molecular weight is 449 g/mol. The van der Waals surface area contributed by atoms with Crippen molar-refractivity contribution in [3.63, 3.8) is 0 Å². The number of thiazole rings is 1. The molecule has 0 N–H and O–H groups in total. The van der Waals surface area contributed by atoms with E-state index in [9.17, 15) is 39.6 Å². The Morgan fingerprint density at radius 1 is 1.18 bits per heavy atom. The van der Waals surface area contributed by atoms with Gasteiger partial charge in [-0.25, -0.2) is 8.42 Å². The molecular weight excluding hydrogens is 436 g/mol. The Bertz CT molecular complexity index is 991. The summed E-state index contributed by atoms with van der Waals surface area (Å²) in [4.78, 5) is 16.1. The monoisotopic (exact) mass is 449 g/mol. The minimum absolute atomic E-state index is 0.0299. The van der Waals surface area contributed by atoms with Crippen molar-refractivity contribution in [2.45, 2.75) is 24.2 Å². The van der Waals surface area contributed by atoms with Crippen LogP contribution in [0.5, 0.6) is 0 Å². The fourth-order valence-corrected chi connectivity index (χ4v) is 3.43. The van der Waals surface area contributed by atoms with Gasteiger partial charge in [-0.05, 0) is 6.07 Å². The Morgan fingerprint density at radius 3 is 2.21 bits per heavy atom. The van der Waals surface area contributed by atoms with Gasteiger partial charge < -0.3 is 4.57 Å². The van der Waals surface area contributed by atoms with Crippen LogP contribution in [0.1, 0.15) is 18.2 Å². The predicted octanol–water partition coefficient (Wildman–Crippen LogP) is 3.06. The van der Waals surface area contributed by atoms with Crippen LogP contribution in [0, 0.1) is 0 Å². The number of pyridine rings is 1. The highest BCUT2D eigenvalue weighted by molar-refractivity contribution is 7.91. The van der Waals surface area contributed by atoms with Gasteiger partial charge in [0.15, 0.2) is 14.6 Å². The van der Waals surface area contributed by atoms with Gasteiger partial charge in [-0.2, -0.15) is 31.3 Å². The number of aromatic nitrogens is 2. The Kier molecular flexibility index (Phi) is 7.53. The van der Waals surface area contributed by atoms with Crippen molar-refractivity contribution in [2.24, 2.45) is 12.0 Å². The number of carbonyl (C=O) groups is 1. The number of carbonyl (C=O) groups excluding carboxylic acids is 1. The van der Waals surface area contributed by atoms with Crippen molar-refractivity contribution >= 4 is 27.6 Å². The topological polar surface area (TPSA) is 81.4 Å². The number of nitrogens with zero attached hydrogens (tertiary/aromatic N) is 3. The first kappa shape index (κ1) is 23.8. The van der Waals surface area contributed by atoms with Crippen LogP contribution in [0.25, 0.3) is 0 Å². The van der Waals surface area contributed by atoms with E-state index in [4.69, 9.17) is 0 Å². The van der Waals surface area contributed by atoms with Gasteiger partial charge in [0.05, 0.1) is 16.2 Å². The number of alkyl halides is 6. The van der Waals surface area contributed by atoms with Crippen LogP contribution in [0.3, 0.4) is 0 Å². The zero-order valence-electron chi connectivity index (χ0n) is 14.2. The Labute approximate surface area is 159 Å². The second-order valence-corrected chi connectivity index (χ2v) is 8.12. The van der Waals surface area contributed by atoms with Crippen LogP contribution >= 0.6 is 11.3 Å². The highest BCUT2D eigenvalue weighted by Crippen LogP contribution is 2.30. The molecule has 0 aliphatic heterocycles. The van der Waals surface area contributed by atoms with E-state index in [1.54, 1.807) is 0 Å². The fraction of sp³-hybridized carbons (Fsp3) is 0.357. The largest absolute Gasteiger partial charge is 0.432 e. The van der Waals surface area contributed by atoms with Crippen LogP contribution in [0.2, 0.25) is 0 Å². The third-order valence-corrected chi connectivity index (χ3v) is 5.79. The van der Waals surface area contributed by atoms with Gasteiger partial charge in [0.25, 0.3) is 0 Å². The number of halogens is 6. The average Bonchev–Trinajstić information content (AvgIpc) is 2.96. The van der Waals surface area contributed by atoms with Crippen LogP contribution in [-0.2, 0) is 34.0 Å². The number of rotatable bonds is 3. The third-order valence-electron chi connectivity index (χ3n) is 3.16. The van der Waals surface area contributed by atoms with E-state index in [1.807, 2.05) is 0 Å². The van der Waals surface area contributed by atoms with E-state index < -0.39 is 38.3 Å². The molecule has 0 atom stereocenters. The van der Waals surface area contributed by atoms with Gasteiger partial charge >= 0.3 is 12.4 Å². The van der Waals surface area contributed by atoms with E-state index in [0.29, 0.717) is 12.3 Å². The molecule has 6 nitrogen and oxygen atoms in total. The third kappa shape index (κ3) is 6.15. The lowest BCUT2D eigenvalue weighted by molar-refractivity contribution is -0.143. The van der Waals surface area contributed by atoms with E-state index in [0.717, 1.165) is 27.5 Å². The maximum Gasteiger partial charge on any atom is 0.432 e. The second kappa shape index (κ2) is 8.86. The first-order chi connectivity index (χ1) is 12.7. The van der Waals surface area contributed by atoms with E-state index in [-0.39, 0.29) is 17.0 Å². The lowest BCUT2D eigenvalue weighted by atomic mass is 10.3. The molecule has 0 spiro atoms. The van der Waals surface area contributed by atoms with E-state index in [1.165, 1.54) is 14.0 Å². The minimum atomic E-state index is -4.58. The van der Waals surface area contributed by atoms with Crippen LogP contribution < -0.4 is 4.80 Å². The molecule has 0 saturated heterocycles. The molecule has 0 saturated carbocycles. The Balaban J connectivity index is 0.000000283. The number of sulfone groups is 1. The summed E-state index contributed by atoms with van der Waals surface area (Å²) < 4.78 is 96.5. The molecule has 28 heavy (non-hydrogen) atoms. The Morgan fingerprint density at radius 2 is 1.79 bits per heavy atom. The summed E-state index contributed by atoms with van der Waals surface area (Å²) in [7, 11) is -2.43. The molecule has 0 unspecified atom stereocenters. The van der Waals surface area contributed by atoms with Gasteiger partial charge in [0.2, 0.25) is 6.41 Å². The molecule has 0 bridgehead atoms. The lowest BCUT2D eigenvalue weighted by Gasteiger charge is -2.07. The second-order valence-electron chi connectivity index (χ2n) is 5.01. The molecule has 0 radical (unpaired) electrons. The number of amides is 1. The van der Waals surface area contributed by atoms with Crippen molar-refractivity contribution in [1.82, 2.24) is 9.55 Å². The molecule has 2 aromatic rings. The molecule has 0 fully saturated rings. The molecule has 1 amide bonds. The molecule has 14 heteroatoms. The lowest BCUT2D eigenvalue weighted by Crippen LogP contribution is -2.19. The quantitative estimate of drug-likeness (QED) is 0.533. The zero-order chi connectivity index (χ0) is 21.8. The highest BCUT2D eigenvalue weighted by Gasteiger charge is 2.34. The predicted molar refractivity (Wildman–Crippen MR) is 86.9 cm³/mol. The maximum atomic E-state index is 12.2. The molecule has 0 aliphatic rings. The summed E-state index contributed by atoms with van der Waals surface area (Å²) in [5.74, 6) is -0.254. The molecule has 0 aromatic carbocycles.